The van der Waals surface area contributed by atoms with Gasteiger partial charge in [-0.1, -0.05) is 66.6 Å². The van der Waals surface area contributed by atoms with Gasteiger partial charge in [-0.05, 0) is 28.8 Å². The fourth-order valence-corrected chi connectivity index (χ4v) is 3.59. The third-order valence-corrected chi connectivity index (χ3v) is 4.49. The predicted octanol–water partition coefficient (Wildman–Crippen LogP) is 4.73. The molecule has 0 aliphatic heterocycles. The third kappa shape index (κ3) is 1.53. The Morgan fingerprint density at radius 1 is 0.864 bits per heavy atom. The highest BCUT2D eigenvalue weighted by molar-refractivity contribution is 6.02. The summed E-state index contributed by atoms with van der Waals surface area (Å²) in [6.07, 6.45) is 0. The van der Waals surface area contributed by atoms with Crippen molar-refractivity contribution < 1.29 is 4.74 Å². The van der Waals surface area contributed by atoms with Gasteiger partial charge in [0.15, 0.2) is 5.60 Å². The monoisotopic (exact) mass is 284 g/mol. The Kier molecular flexibility index (Phi) is 2.82. The third-order valence-electron chi connectivity index (χ3n) is 4.49. The van der Waals surface area contributed by atoms with Crippen molar-refractivity contribution in [3.8, 4) is 23.0 Å². The number of rotatable bonds is 1. The lowest BCUT2D eigenvalue weighted by atomic mass is 9.90. The van der Waals surface area contributed by atoms with Crippen LogP contribution >= 0.6 is 0 Å². The highest BCUT2D eigenvalue weighted by atomic mass is 16.5. The zero-order valence-corrected chi connectivity index (χ0v) is 12.7. The molecule has 106 valence electrons. The van der Waals surface area contributed by atoms with E-state index in [1.54, 1.807) is 7.11 Å². The number of ether oxygens (including phenoxy) is 1. The van der Waals surface area contributed by atoms with Crippen LogP contribution in [0.3, 0.4) is 0 Å². The maximum Gasteiger partial charge on any atom is 0.180 e. The van der Waals surface area contributed by atoms with Gasteiger partial charge in [0.05, 0.1) is 0 Å². The first kappa shape index (κ1) is 13.1. The normalized spacial score (nSPS) is 18.5. The second-order valence-electron chi connectivity index (χ2n) is 5.52. The van der Waals surface area contributed by atoms with Gasteiger partial charge in [0.25, 0.3) is 0 Å². The standard InChI is InChI=1S/C21H16O/c1-3-14-21(22-2)18-11-7-6-10-17(18)20-16-9-5-4-8-15(16)12-13-19(20)21/h4-13H,1-2H3. The van der Waals surface area contributed by atoms with E-state index in [4.69, 9.17) is 4.74 Å². The molecule has 1 atom stereocenters. The summed E-state index contributed by atoms with van der Waals surface area (Å²) in [7, 11) is 1.74. The van der Waals surface area contributed by atoms with Gasteiger partial charge in [-0.25, -0.2) is 0 Å². The second kappa shape index (κ2) is 4.73. The fraction of sp³-hybridized carbons (Fsp3) is 0.143. The van der Waals surface area contributed by atoms with Crippen LogP contribution in [0, 0.1) is 11.8 Å². The molecule has 3 aromatic carbocycles. The Balaban J connectivity index is 2.21. The number of fused-ring (bicyclic) bond motifs is 5. The van der Waals surface area contributed by atoms with Gasteiger partial charge in [0, 0.05) is 18.2 Å². The zero-order valence-electron chi connectivity index (χ0n) is 12.7. The van der Waals surface area contributed by atoms with E-state index in [2.05, 4.69) is 72.5 Å². The Hall–Kier alpha value is -2.56. The van der Waals surface area contributed by atoms with Crippen molar-refractivity contribution >= 4 is 10.8 Å². The fourth-order valence-electron chi connectivity index (χ4n) is 3.59. The predicted molar refractivity (Wildman–Crippen MR) is 90.6 cm³/mol. The van der Waals surface area contributed by atoms with Crippen LogP contribution in [0.4, 0.5) is 0 Å². The summed E-state index contributed by atoms with van der Waals surface area (Å²) in [5.41, 5.74) is 4.09. The van der Waals surface area contributed by atoms with Gasteiger partial charge in [-0.3, -0.25) is 0 Å². The summed E-state index contributed by atoms with van der Waals surface area (Å²) < 4.78 is 5.97. The average molecular weight is 284 g/mol. The van der Waals surface area contributed by atoms with Crippen LogP contribution in [-0.2, 0) is 10.3 Å². The van der Waals surface area contributed by atoms with Crippen molar-refractivity contribution in [1.29, 1.82) is 0 Å². The minimum absolute atomic E-state index is 0.662. The summed E-state index contributed by atoms with van der Waals surface area (Å²) in [6, 6.07) is 21.2. The van der Waals surface area contributed by atoms with Gasteiger partial charge >= 0.3 is 0 Å². The zero-order chi connectivity index (χ0) is 15.2. The van der Waals surface area contributed by atoms with Crippen molar-refractivity contribution in [3.63, 3.8) is 0 Å². The largest absolute Gasteiger partial charge is 0.357 e. The minimum atomic E-state index is -0.662. The molecule has 0 saturated carbocycles. The molecule has 0 radical (unpaired) electrons. The van der Waals surface area contributed by atoms with Crippen LogP contribution in [-0.4, -0.2) is 7.11 Å². The molecule has 0 N–H and O–H groups in total. The summed E-state index contributed by atoms with van der Waals surface area (Å²) in [5, 5.41) is 2.50. The lowest BCUT2D eigenvalue weighted by molar-refractivity contribution is 0.0782. The van der Waals surface area contributed by atoms with Gasteiger partial charge in [-0.2, -0.15) is 0 Å². The van der Waals surface area contributed by atoms with E-state index >= 15 is 0 Å². The van der Waals surface area contributed by atoms with Gasteiger partial charge in [-0.15, -0.1) is 5.92 Å². The van der Waals surface area contributed by atoms with Crippen LogP contribution in [0.5, 0.6) is 0 Å². The van der Waals surface area contributed by atoms with Crippen LogP contribution in [0.15, 0.2) is 60.7 Å². The lowest BCUT2D eigenvalue weighted by Crippen LogP contribution is -2.25. The van der Waals surface area contributed by atoms with E-state index in [0.29, 0.717) is 0 Å². The van der Waals surface area contributed by atoms with E-state index < -0.39 is 5.60 Å². The lowest BCUT2D eigenvalue weighted by Gasteiger charge is -2.24. The van der Waals surface area contributed by atoms with Crippen molar-refractivity contribution in [1.82, 2.24) is 0 Å². The second-order valence-corrected chi connectivity index (χ2v) is 5.52. The SMILES string of the molecule is CC#CC1(OC)c2ccccc2-c2c1ccc1ccccc21. The van der Waals surface area contributed by atoms with Crippen LogP contribution in [0.25, 0.3) is 21.9 Å². The highest BCUT2D eigenvalue weighted by Gasteiger charge is 2.42. The summed E-state index contributed by atoms with van der Waals surface area (Å²) in [5.74, 6) is 6.37. The van der Waals surface area contributed by atoms with E-state index in [0.717, 1.165) is 11.1 Å². The Morgan fingerprint density at radius 3 is 2.45 bits per heavy atom. The Bertz CT molecular complexity index is 943. The number of benzene rings is 3. The molecule has 0 amide bonds. The molecule has 1 heteroatoms. The Labute approximate surface area is 130 Å². The molecular weight excluding hydrogens is 268 g/mol. The molecular formula is C21H16O. The first-order valence-electron chi connectivity index (χ1n) is 7.43. The molecule has 22 heavy (non-hydrogen) atoms. The first-order valence-corrected chi connectivity index (χ1v) is 7.43. The molecule has 1 unspecified atom stereocenters. The van der Waals surface area contributed by atoms with Crippen LogP contribution in [0.2, 0.25) is 0 Å². The molecule has 0 heterocycles. The molecule has 1 aliphatic rings. The highest BCUT2D eigenvalue weighted by Crippen LogP contribution is 2.51. The van der Waals surface area contributed by atoms with Crippen LogP contribution in [0.1, 0.15) is 18.1 Å². The molecule has 0 aromatic heterocycles. The van der Waals surface area contributed by atoms with Gasteiger partial charge in [0.1, 0.15) is 0 Å². The van der Waals surface area contributed by atoms with Crippen molar-refractivity contribution in [2.24, 2.45) is 0 Å². The molecule has 0 bridgehead atoms. The maximum absolute atomic E-state index is 5.97. The molecule has 3 aromatic rings. The molecule has 1 aliphatic carbocycles. The first-order chi connectivity index (χ1) is 10.8. The summed E-state index contributed by atoms with van der Waals surface area (Å²) in [6.45, 7) is 1.86. The van der Waals surface area contributed by atoms with Crippen molar-refractivity contribution in [2.75, 3.05) is 7.11 Å². The molecule has 0 saturated heterocycles. The molecule has 0 spiro atoms. The topological polar surface area (TPSA) is 9.23 Å². The van der Waals surface area contributed by atoms with Gasteiger partial charge in [0.2, 0.25) is 0 Å². The molecule has 1 nitrogen and oxygen atoms in total. The van der Waals surface area contributed by atoms with E-state index in [-0.39, 0.29) is 0 Å². The van der Waals surface area contributed by atoms with E-state index in [1.807, 2.05) is 6.92 Å². The van der Waals surface area contributed by atoms with Gasteiger partial charge < -0.3 is 4.74 Å². The minimum Gasteiger partial charge on any atom is -0.357 e. The quantitative estimate of drug-likeness (QED) is 0.587. The maximum atomic E-state index is 5.97. The summed E-state index contributed by atoms with van der Waals surface area (Å²) >= 11 is 0. The average Bonchev–Trinajstić information content (AvgIpc) is 2.86. The van der Waals surface area contributed by atoms with Crippen molar-refractivity contribution in [2.45, 2.75) is 12.5 Å². The number of hydrogen-bond donors (Lipinski definition) is 0. The molecule has 0 fully saturated rings. The smallest absolute Gasteiger partial charge is 0.180 e. The number of hydrogen-bond acceptors (Lipinski definition) is 1. The van der Waals surface area contributed by atoms with E-state index in [1.165, 1.54) is 21.9 Å². The van der Waals surface area contributed by atoms with E-state index in [9.17, 15) is 0 Å². The Morgan fingerprint density at radius 2 is 1.64 bits per heavy atom. The number of methoxy groups -OCH3 is 1. The van der Waals surface area contributed by atoms with Crippen molar-refractivity contribution in [3.05, 3.63) is 71.8 Å². The summed E-state index contributed by atoms with van der Waals surface area (Å²) in [4.78, 5) is 0. The molecule has 4 rings (SSSR count). The van der Waals surface area contributed by atoms with Crippen LogP contribution < -0.4 is 0 Å².